The zero-order chi connectivity index (χ0) is 39.8. The molecule has 2 heterocycles. The molecule has 0 aliphatic heterocycles. The van der Waals surface area contributed by atoms with Gasteiger partial charge in [-0.2, -0.15) is 0 Å². The Balaban J connectivity index is 1.00. The van der Waals surface area contributed by atoms with Crippen LogP contribution in [0.2, 0.25) is 0 Å². The number of anilines is 3. The van der Waals surface area contributed by atoms with Gasteiger partial charge in [-0.15, -0.1) is 0 Å². The highest BCUT2D eigenvalue weighted by atomic mass is 15.1. The van der Waals surface area contributed by atoms with E-state index in [1.807, 2.05) is 0 Å². The second-order valence-electron chi connectivity index (χ2n) is 18.6. The van der Waals surface area contributed by atoms with Crippen LogP contribution in [0.15, 0.2) is 188 Å². The predicted octanol–water partition coefficient (Wildman–Crippen LogP) is 15.1. The summed E-state index contributed by atoms with van der Waals surface area (Å²) in [5.41, 5.74) is 16.9. The maximum absolute atomic E-state index is 2.57. The minimum atomic E-state index is 0.136. The molecule has 0 radical (unpaired) electrons. The molecule has 1 spiro atoms. The first-order valence-electron chi connectivity index (χ1n) is 22.4. The molecule has 15 rings (SSSR count). The molecule has 292 valence electrons. The van der Waals surface area contributed by atoms with Gasteiger partial charge in [0.05, 0.1) is 22.1 Å². The first-order chi connectivity index (χ1) is 30.2. The molecule has 4 saturated carbocycles. The Morgan fingerprint density at radius 1 is 0.361 bits per heavy atom. The number of aromatic nitrogens is 2. The molecule has 10 aromatic rings. The lowest BCUT2D eigenvalue weighted by Crippen LogP contribution is -2.55. The van der Waals surface area contributed by atoms with Crippen molar-refractivity contribution in [1.29, 1.82) is 0 Å². The van der Waals surface area contributed by atoms with Gasteiger partial charge in [0.2, 0.25) is 0 Å². The fourth-order valence-corrected chi connectivity index (χ4v) is 13.7. The summed E-state index contributed by atoms with van der Waals surface area (Å²) in [5, 5.41) is 5.06. The van der Waals surface area contributed by atoms with E-state index < -0.39 is 0 Å². The smallest absolute Gasteiger partial charge is 0.0542 e. The van der Waals surface area contributed by atoms with E-state index in [-0.39, 0.29) is 5.41 Å². The van der Waals surface area contributed by atoms with Crippen LogP contribution in [-0.4, -0.2) is 9.13 Å². The highest BCUT2D eigenvalue weighted by Gasteiger charge is 2.61. The van der Waals surface area contributed by atoms with Crippen molar-refractivity contribution in [2.24, 2.45) is 23.7 Å². The number of nitrogens with zero attached hydrogens (tertiary/aromatic N) is 3. The quantitative estimate of drug-likeness (QED) is 0.169. The lowest BCUT2D eigenvalue weighted by atomic mass is 9.43. The molecule has 61 heavy (non-hydrogen) atoms. The molecule has 4 fully saturated rings. The molecular weight excluding hydrogens is 739 g/mol. The second kappa shape index (κ2) is 12.6. The third-order valence-electron chi connectivity index (χ3n) is 15.7. The molecule has 0 saturated heterocycles. The summed E-state index contributed by atoms with van der Waals surface area (Å²) in [7, 11) is 0. The Bertz CT molecular complexity index is 3320. The Morgan fingerprint density at radius 3 is 1.57 bits per heavy atom. The summed E-state index contributed by atoms with van der Waals surface area (Å²) < 4.78 is 4.86. The van der Waals surface area contributed by atoms with Crippen LogP contribution in [0.25, 0.3) is 66.1 Å². The maximum atomic E-state index is 2.57. The molecule has 0 unspecified atom stereocenters. The number of hydrogen-bond donors (Lipinski definition) is 0. The van der Waals surface area contributed by atoms with Crippen molar-refractivity contribution in [3.05, 3.63) is 199 Å². The van der Waals surface area contributed by atoms with E-state index in [1.165, 1.54) is 98.2 Å². The van der Waals surface area contributed by atoms with E-state index in [0.29, 0.717) is 0 Å². The first-order valence-corrected chi connectivity index (χ1v) is 22.4. The van der Waals surface area contributed by atoms with Gasteiger partial charge in [0.25, 0.3) is 0 Å². The predicted molar refractivity (Wildman–Crippen MR) is 253 cm³/mol. The van der Waals surface area contributed by atoms with Crippen molar-refractivity contribution in [2.75, 3.05) is 4.90 Å². The molecule has 2 aromatic heterocycles. The van der Waals surface area contributed by atoms with Gasteiger partial charge in [0, 0.05) is 55.4 Å². The van der Waals surface area contributed by atoms with E-state index >= 15 is 0 Å². The van der Waals surface area contributed by atoms with Gasteiger partial charge in [-0.05, 0) is 157 Å². The third kappa shape index (κ3) is 4.64. The van der Waals surface area contributed by atoms with Gasteiger partial charge >= 0.3 is 0 Å². The Hall–Kier alpha value is -6.84. The van der Waals surface area contributed by atoms with Crippen LogP contribution in [0.5, 0.6) is 0 Å². The molecule has 5 aliphatic rings. The topological polar surface area (TPSA) is 13.1 Å². The van der Waals surface area contributed by atoms with Crippen molar-refractivity contribution < 1.29 is 0 Å². The molecule has 0 amide bonds. The van der Waals surface area contributed by atoms with Gasteiger partial charge in [0.15, 0.2) is 0 Å². The van der Waals surface area contributed by atoms with Crippen LogP contribution in [0.1, 0.15) is 43.2 Å². The van der Waals surface area contributed by atoms with Gasteiger partial charge in [-0.3, -0.25) is 0 Å². The molecule has 4 bridgehead atoms. The highest BCUT2D eigenvalue weighted by molar-refractivity contribution is 6.11. The zero-order valence-electron chi connectivity index (χ0n) is 34.1. The molecule has 3 heteroatoms. The van der Waals surface area contributed by atoms with Gasteiger partial charge in [-0.25, -0.2) is 0 Å². The average molecular weight is 784 g/mol. The number of para-hydroxylation sites is 4. The normalized spacial score (nSPS) is 22.2. The van der Waals surface area contributed by atoms with E-state index in [4.69, 9.17) is 0 Å². The Morgan fingerprint density at radius 2 is 0.869 bits per heavy atom. The third-order valence-corrected chi connectivity index (χ3v) is 15.7. The maximum Gasteiger partial charge on any atom is 0.0542 e. The number of rotatable bonds is 5. The van der Waals surface area contributed by atoms with Crippen molar-refractivity contribution in [3.8, 4) is 22.5 Å². The Kier molecular flexibility index (Phi) is 7.01. The molecule has 3 nitrogen and oxygen atoms in total. The van der Waals surface area contributed by atoms with Gasteiger partial charge < -0.3 is 14.0 Å². The van der Waals surface area contributed by atoms with Crippen LogP contribution in [-0.2, 0) is 5.41 Å². The summed E-state index contributed by atoms with van der Waals surface area (Å²) in [4.78, 5) is 2.52. The van der Waals surface area contributed by atoms with E-state index in [9.17, 15) is 0 Å². The zero-order valence-corrected chi connectivity index (χ0v) is 34.1. The van der Waals surface area contributed by atoms with Crippen molar-refractivity contribution in [1.82, 2.24) is 9.13 Å². The standard InChI is InChI=1S/C58H45N3/c1-2-13-41(14-3-1)60-56-24-11-7-20-49(56)51-36-45(26-28-57(51)60)59(42-15-12-16-43(34-42)61-54-22-9-5-18-47(54)48-19-6-10-23-55(48)61)44-25-27-53-50(35-44)46-17-4-8-21-52(46)58(53)39-30-37-29-38(32-39)33-40(58)31-37/h1-28,34-40H,29-33H2. The van der Waals surface area contributed by atoms with Crippen molar-refractivity contribution in [3.63, 3.8) is 0 Å². The number of fused-ring (bicyclic) bond motifs is 9. The number of benzene rings is 8. The summed E-state index contributed by atoms with van der Waals surface area (Å²) in [6.07, 6.45) is 7.02. The van der Waals surface area contributed by atoms with Crippen molar-refractivity contribution >= 4 is 60.7 Å². The minimum Gasteiger partial charge on any atom is -0.310 e. The lowest BCUT2D eigenvalue weighted by molar-refractivity contribution is -0.0399. The Labute approximate surface area is 356 Å². The lowest BCUT2D eigenvalue weighted by Gasteiger charge is -2.61. The minimum absolute atomic E-state index is 0.136. The number of hydrogen-bond acceptors (Lipinski definition) is 1. The summed E-state index contributed by atoms with van der Waals surface area (Å²) in [6.45, 7) is 0. The molecule has 0 N–H and O–H groups in total. The highest BCUT2D eigenvalue weighted by Crippen LogP contribution is 2.69. The molecule has 5 aliphatic carbocycles. The SMILES string of the molecule is c1ccc(-n2c3ccccc3c3cc(N(c4cccc(-n5c6ccccc6c6ccccc65)c4)c4ccc5c(c4)-c4ccccc4C54C5CC6CC(C5)CC4C6)ccc32)cc1. The summed E-state index contributed by atoms with van der Waals surface area (Å²) in [6, 6.07) is 70.7. The molecule has 8 aromatic carbocycles. The van der Waals surface area contributed by atoms with E-state index in [1.54, 1.807) is 11.1 Å². The second-order valence-corrected chi connectivity index (χ2v) is 18.6. The van der Waals surface area contributed by atoms with Crippen LogP contribution in [0.3, 0.4) is 0 Å². The van der Waals surface area contributed by atoms with Gasteiger partial charge in [-0.1, -0.05) is 109 Å². The van der Waals surface area contributed by atoms with Crippen LogP contribution in [0, 0.1) is 23.7 Å². The van der Waals surface area contributed by atoms with Crippen LogP contribution >= 0.6 is 0 Å². The van der Waals surface area contributed by atoms with E-state index in [2.05, 4.69) is 202 Å². The average Bonchev–Trinajstić information content (AvgIpc) is 3.93. The van der Waals surface area contributed by atoms with E-state index in [0.717, 1.165) is 40.7 Å². The molecular formula is C58H45N3. The van der Waals surface area contributed by atoms with Crippen LogP contribution in [0.4, 0.5) is 17.1 Å². The largest absolute Gasteiger partial charge is 0.310 e. The summed E-state index contributed by atoms with van der Waals surface area (Å²) >= 11 is 0. The monoisotopic (exact) mass is 783 g/mol. The fourth-order valence-electron chi connectivity index (χ4n) is 13.7. The van der Waals surface area contributed by atoms with Gasteiger partial charge in [0.1, 0.15) is 0 Å². The first kappa shape index (κ1) is 33.9. The fraction of sp³-hybridized carbons (Fsp3) is 0.172. The van der Waals surface area contributed by atoms with Crippen LogP contribution < -0.4 is 4.90 Å². The molecule has 0 atom stereocenters. The summed E-state index contributed by atoms with van der Waals surface area (Å²) in [5.74, 6) is 3.31. The van der Waals surface area contributed by atoms with Crippen molar-refractivity contribution in [2.45, 2.75) is 37.5 Å².